The van der Waals surface area contributed by atoms with E-state index in [1.165, 1.54) is 12.8 Å². The number of nitrogens with zero attached hydrogens (tertiary/aromatic N) is 2. The summed E-state index contributed by atoms with van der Waals surface area (Å²) in [6.07, 6.45) is 7.70. The lowest BCUT2D eigenvalue weighted by Gasteiger charge is -2.41. The number of amides is 1. The number of nitrogens with one attached hydrogen (secondary N) is 1. The number of carbonyl (C=O) groups excluding carboxylic acids is 1. The van der Waals surface area contributed by atoms with Crippen LogP contribution in [0.5, 0.6) is 0 Å². The summed E-state index contributed by atoms with van der Waals surface area (Å²) < 4.78 is 5.23. The molecule has 0 bridgehead atoms. The van der Waals surface area contributed by atoms with Crippen LogP contribution in [0.3, 0.4) is 0 Å². The van der Waals surface area contributed by atoms with Gasteiger partial charge in [0.2, 0.25) is 11.8 Å². The molecule has 0 saturated heterocycles. The van der Waals surface area contributed by atoms with Gasteiger partial charge in [-0.2, -0.15) is 4.98 Å². The molecule has 1 aromatic rings. The number of aliphatic carboxylic acids is 1. The normalized spacial score (nSPS) is 20.2. The quantitative estimate of drug-likeness (QED) is 0.797. The second-order valence-corrected chi connectivity index (χ2v) is 6.78. The lowest BCUT2D eigenvalue weighted by atomic mass is 9.74. The minimum Gasteiger partial charge on any atom is -0.481 e. The molecular formula is C16H23N3O4. The Hall–Kier alpha value is -1.92. The van der Waals surface area contributed by atoms with Crippen LogP contribution in [0.4, 0.5) is 0 Å². The van der Waals surface area contributed by atoms with Gasteiger partial charge in [-0.25, -0.2) is 0 Å². The van der Waals surface area contributed by atoms with Crippen molar-refractivity contribution in [2.75, 3.05) is 0 Å². The maximum absolute atomic E-state index is 12.1. The zero-order chi connectivity index (χ0) is 16.3. The molecule has 0 radical (unpaired) electrons. The largest absolute Gasteiger partial charge is 0.481 e. The average Bonchev–Trinajstić information content (AvgIpc) is 3.13. The molecule has 0 atom stereocenters. The van der Waals surface area contributed by atoms with E-state index in [4.69, 9.17) is 9.63 Å². The SMILES string of the molecule is O=C(O)CC1(NC(=O)CCc2nc(C3CCCC3)no2)CCC1. The van der Waals surface area contributed by atoms with E-state index in [0.29, 0.717) is 18.2 Å². The lowest BCUT2D eigenvalue weighted by molar-refractivity contribution is -0.140. The summed E-state index contributed by atoms with van der Waals surface area (Å²) in [5.74, 6) is 0.631. The molecule has 0 aromatic carbocycles. The predicted molar refractivity (Wildman–Crippen MR) is 80.8 cm³/mol. The second kappa shape index (κ2) is 6.68. The van der Waals surface area contributed by atoms with Gasteiger partial charge < -0.3 is 14.9 Å². The summed E-state index contributed by atoms with van der Waals surface area (Å²) in [5.41, 5.74) is -0.549. The first kappa shape index (κ1) is 16.0. The third-order valence-electron chi connectivity index (χ3n) is 4.97. The van der Waals surface area contributed by atoms with Crippen molar-refractivity contribution in [3.63, 3.8) is 0 Å². The summed E-state index contributed by atoms with van der Waals surface area (Å²) in [4.78, 5) is 27.4. The summed E-state index contributed by atoms with van der Waals surface area (Å²) in [6, 6.07) is 0. The van der Waals surface area contributed by atoms with Crippen molar-refractivity contribution >= 4 is 11.9 Å². The van der Waals surface area contributed by atoms with Crippen LogP contribution < -0.4 is 5.32 Å². The standard InChI is InChI=1S/C16H23N3O4/c20-12(18-16(8-3-9-16)10-14(21)22)6-7-13-17-15(19-23-13)11-4-1-2-5-11/h11H,1-10H2,(H,18,20)(H,21,22). The van der Waals surface area contributed by atoms with Crippen molar-refractivity contribution in [2.45, 2.75) is 75.7 Å². The van der Waals surface area contributed by atoms with E-state index in [1.54, 1.807) is 0 Å². The van der Waals surface area contributed by atoms with E-state index < -0.39 is 11.5 Å². The third-order valence-corrected chi connectivity index (χ3v) is 4.97. The molecule has 0 spiro atoms. The van der Waals surface area contributed by atoms with Gasteiger partial charge in [0.15, 0.2) is 5.82 Å². The topological polar surface area (TPSA) is 105 Å². The van der Waals surface area contributed by atoms with Crippen molar-refractivity contribution in [3.05, 3.63) is 11.7 Å². The summed E-state index contributed by atoms with van der Waals surface area (Å²) in [7, 11) is 0. The Kier molecular flexibility index (Phi) is 4.63. The molecule has 1 heterocycles. The van der Waals surface area contributed by atoms with Crippen LogP contribution >= 0.6 is 0 Å². The Morgan fingerprint density at radius 3 is 2.61 bits per heavy atom. The number of aromatic nitrogens is 2. The second-order valence-electron chi connectivity index (χ2n) is 6.78. The highest BCUT2D eigenvalue weighted by molar-refractivity contribution is 5.78. The van der Waals surface area contributed by atoms with Crippen LogP contribution in [0.1, 0.15) is 75.4 Å². The molecule has 2 aliphatic carbocycles. The molecular weight excluding hydrogens is 298 g/mol. The number of aryl methyl sites for hydroxylation is 1. The number of hydrogen-bond acceptors (Lipinski definition) is 5. The van der Waals surface area contributed by atoms with Crippen LogP contribution in [-0.2, 0) is 16.0 Å². The molecule has 2 N–H and O–H groups in total. The molecule has 0 unspecified atom stereocenters. The van der Waals surface area contributed by atoms with Crippen molar-refractivity contribution < 1.29 is 19.2 Å². The summed E-state index contributed by atoms with van der Waals surface area (Å²) in [6.45, 7) is 0. The van der Waals surface area contributed by atoms with Gasteiger partial charge in [-0.1, -0.05) is 18.0 Å². The zero-order valence-corrected chi connectivity index (χ0v) is 13.2. The molecule has 1 aromatic heterocycles. The number of carboxylic acids is 1. The van der Waals surface area contributed by atoms with Gasteiger partial charge in [0.25, 0.3) is 0 Å². The molecule has 23 heavy (non-hydrogen) atoms. The number of carbonyl (C=O) groups is 2. The van der Waals surface area contributed by atoms with Crippen molar-refractivity contribution in [3.8, 4) is 0 Å². The summed E-state index contributed by atoms with van der Waals surface area (Å²) >= 11 is 0. The van der Waals surface area contributed by atoms with Gasteiger partial charge in [0, 0.05) is 18.8 Å². The van der Waals surface area contributed by atoms with Gasteiger partial charge >= 0.3 is 5.97 Å². The zero-order valence-electron chi connectivity index (χ0n) is 13.2. The fourth-order valence-corrected chi connectivity index (χ4v) is 3.54. The van der Waals surface area contributed by atoms with Crippen LogP contribution in [0.2, 0.25) is 0 Å². The van der Waals surface area contributed by atoms with E-state index in [1.807, 2.05) is 0 Å². The third kappa shape index (κ3) is 3.89. The Labute approximate surface area is 134 Å². The molecule has 2 fully saturated rings. The highest BCUT2D eigenvalue weighted by Gasteiger charge is 2.40. The lowest BCUT2D eigenvalue weighted by Crippen LogP contribution is -2.54. The highest BCUT2D eigenvalue weighted by Crippen LogP contribution is 2.35. The van der Waals surface area contributed by atoms with Gasteiger partial charge in [0.1, 0.15) is 0 Å². The molecule has 2 saturated carbocycles. The first-order chi connectivity index (χ1) is 11.1. The Morgan fingerprint density at radius 1 is 1.26 bits per heavy atom. The minimum absolute atomic E-state index is 0.00880. The Morgan fingerprint density at radius 2 is 2.00 bits per heavy atom. The first-order valence-electron chi connectivity index (χ1n) is 8.42. The van der Waals surface area contributed by atoms with E-state index in [9.17, 15) is 9.59 Å². The molecule has 3 rings (SSSR count). The first-order valence-corrected chi connectivity index (χ1v) is 8.42. The monoisotopic (exact) mass is 321 g/mol. The van der Waals surface area contributed by atoms with Crippen LogP contribution in [0, 0.1) is 0 Å². The maximum atomic E-state index is 12.1. The van der Waals surface area contributed by atoms with Crippen molar-refractivity contribution in [2.24, 2.45) is 0 Å². The van der Waals surface area contributed by atoms with E-state index in [-0.39, 0.29) is 18.7 Å². The fourth-order valence-electron chi connectivity index (χ4n) is 3.54. The van der Waals surface area contributed by atoms with E-state index in [0.717, 1.165) is 37.9 Å². The average molecular weight is 321 g/mol. The van der Waals surface area contributed by atoms with Crippen LogP contribution in [-0.4, -0.2) is 32.7 Å². The smallest absolute Gasteiger partial charge is 0.305 e. The van der Waals surface area contributed by atoms with Crippen molar-refractivity contribution in [1.29, 1.82) is 0 Å². The Bertz CT molecular complexity index is 574. The maximum Gasteiger partial charge on any atom is 0.305 e. The van der Waals surface area contributed by atoms with Gasteiger partial charge in [-0.3, -0.25) is 9.59 Å². The predicted octanol–water partition coefficient (Wildman–Crippen LogP) is 2.17. The molecule has 7 nitrogen and oxygen atoms in total. The van der Waals surface area contributed by atoms with Crippen molar-refractivity contribution in [1.82, 2.24) is 15.5 Å². The Balaban J connectivity index is 1.48. The minimum atomic E-state index is -0.872. The van der Waals surface area contributed by atoms with Gasteiger partial charge in [0.05, 0.1) is 12.0 Å². The van der Waals surface area contributed by atoms with Crippen LogP contribution in [0.15, 0.2) is 4.52 Å². The van der Waals surface area contributed by atoms with Crippen LogP contribution in [0.25, 0.3) is 0 Å². The fraction of sp³-hybridized carbons (Fsp3) is 0.750. The molecule has 126 valence electrons. The highest BCUT2D eigenvalue weighted by atomic mass is 16.5. The molecule has 1 amide bonds. The van der Waals surface area contributed by atoms with Gasteiger partial charge in [-0.15, -0.1) is 0 Å². The molecule has 2 aliphatic rings. The number of rotatable bonds is 7. The molecule has 7 heteroatoms. The van der Waals surface area contributed by atoms with E-state index in [2.05, 4.69) is 15.5 Å². The van der Waals surface area contributed by atoms with E-state index >= 15 is 0 Å². The molecule has 0 aliphatic heterocycles. The number of carboxylic acid groups (broad SMARTS) is 1. The van der Waals surface area contributed by atoms with Gasteiger partial charge in [-0.05, 0) is 32.1 Å². The summed E-state index contributed by atoms with van der Waals surface area (Å²) in [5, 5.41) is 15.9. The number of hydrogen-bond donors (Lipinski definition) is 2.